The molecule has 1 amide bonds. The van der Waals surface area contributed by atoms with Crippen LogP contribution < -0.4 is 10.1 Å². The van der Waals surface area contributed by atoms with Gasteiger partial charge >= 0.3 is 6.09 Å². The Bertz CT molecular complexity index is 1060. The van der Waals surface area contributed by atoms with Gasteiger partial charge in [0.15, 0.2) is 5.13 Å². The normalized spacial score (nSPS) is 14.1. The van der Waals surface area contributed by atoms with Gasteiger partial charge in [0.25, 0.3) is 0 Å². The predicted octanol–water partition coefficient (Wildman–Crippen LogP) is 4.65. The average molecular weight is 440 g/mol. The van der Waals surface area contributed by atoms with E-state index in [1.54, 1.807) is 17.3 Å². The number of carbonyl (C=O) groups excluding carboxylic acids is 1. The van der Waals surface area contributed by atoms with Gasteiger partial charge in [-0.05, 0) is 39.8 Å². The molecule has 4 heterocycles. The summed E-state index contributed by atoms with van der Waals surface area (Å²) in [6.07, 6.45) is 3.17. The molecular weight excluding hydrogens is 414 g/mol. The van der Waals surface area contributed by atoms with Crippen molar-refractivity contribution in [3.8, 4) is 16.3 Å². The first-order valence-corrected chi connectivity index (χ1v) is 10.8. The van der Waals surface area contributed by atoms with Crippen molar-refractivity contribution in [1.82, 2.24) is 19.9 Å². The molecule has 4 rings (SSSR count). The number of ether oxygens (including phenoxy) is 2. The first-order valence-electron chi connectivity index (χ1n) is 10.0. The standard InChI is InChI=1S/C22H25N5O3S/c1-14-9-15(29-16-12-27(13-16)21(28)30-22(2,3)4)10-19(25-14)26-20-24-11-18(31-20)17-7-5-6-8-23-17/h5-11,16H,12-13H2,1-4H3,(H,24,25,26). The molecule has 1 N–H and O–H groups in total. The SMILES string of the molecule is Cc1cc(OC2CN(C(=O)OC(C)(C)C)C2)cc(Nc2ncc(-c3ccccn3)s2)n1. The molecule has 3 aromatic rings. The maximum absolute atomic E-state index is 12.1. The number of amides is 1. The van der Waals surface area contributed by atoms with Gasteiger partial charge < -0.3 is 19.7 Å². The van der Waals surface area contributed by atoms with Crippen LogP contribution in [0.3, 0.4) is 0 Å². The molecular formula is C22H25N5O3S. The van der Waals surface area contributed by atoms with E-state index in [1.165, 1.54) is 11.3 Å². The van der Waals surface area contributed by atoms with E-state index < -0.39 is 5.60 Å². The van der Waals surface area contributed by atoms with Crippen molar-refractivity contribution in [2.24, 2.45) is 0 Å². The smallest absolute Gasteiger partial charge is 0.410 e. The highest BCUT2D eigenvalue weighted by molar-refractivity contribution is 7.18. The van der Waals surface area contributed by atoms with E-state index in [4.69, 9.17) is 9.47 Å². The summed E-state index contributed by atoms with van der Waals surface area (Å²) in [6.45, 7) is 8.48. The van der Waals surface area contributed by atoms with Gasteiger partial charge in [-0.2, -0.15) is 0 Å². The highest BCUT2D eigenvalue weighted by atomic mass is 32.1. The summed E-state index contributed by atoms with van der Waals surface area (Å²) in [5, 5.41) is 3.97. The second-order valence-electron chi connectivity index (χ2n) is 8.32. The number of nitrogens with zero attached hydrogens (tertiary/aromatic N) is 4. The third kappa shape index (κ3) is 5.49. The highest BCUT2D eigenvalue weighted by Gasteiger charge is 2.35. The van der Waals surface area contributed by atoms with Crippen LogP contribution in [-0.4, -0.2) is 50.7 Å². The molecule has 0 aliphatic carbocycles. The largest absolute Gasteiger partial charge is 0.487 e. The molecule has 0 aromatic carbocycles. The maximum atomic E-state index is 12.1. The minimum atomic E-state index is -0.502. The molecule has 0 saturated carbocycles. The summed E-state index contributed by atoms with van der Waals surface area (Å²) in [5.74, 6) is 1.35. The molecule has 1 aliphatic heterocycles. The molecule has 3 aromatic heterocycles. The van der Waals surface area contributed by atoms with E-state index in [0.29, 0.717) is 24.7 Å². The summed E-state index contributed by atoms with van der Waals surface area (Å²) in [5.41, 5.74) is 1.21. The average Bonchev–Trinajstić information content (AvgIpc) is 3.11. The molecule has 0 atom stereocenters. The van der Waals surface area contributed by atoms with Crippen LogP contribution in [0.5, 0.6) is 5.75 Å². The lowest BCUT2D eigenvalue weighted by atomic mass is 10.1. The fourth-order valence-corrected chi connectivity index (χ4v) is 3.82. The van der Waals surface area contributed by atoms with Crippen LogP contribution in [0.4, 0.5) is 15.7 Å². The van der Waals surface area contributed by atoms with Gasteiger partial charge in [-0.25, -0.2) is 14.8 Å². The second-order valence-corrected chi connectivity index (χ2v) is 9.35. The fourth-order valence-electron chi connectivity index (χ4n) is 3.02. The number of carbonyl (C=O) groups is 1. The lowest BCUT2D eigenvalue weighted by Crippen LogP contribution is -2.57. The Kier molecular flexibility index (Phi) is 5.77. The molecule has 0 radical (unpaired) electrons. The molecule has 162 valence electrons. The van der Waals surface area contributed by atoms with Crippen molar-refractivity contribution < 1.29 is 14.3 Å². The van der Waals surface area contributed by atoms with E-state index in [1.807, 2.05) is 58.0 Å². The number of hydrogen-bond donors (Lipinski definition) is 1. The lowest BCUT2D eigenvalue weighted by molar-refractivity contribution is -0.0221. The van der Waals surface area contributed by atoms with Gasteiger partial charge in [0.2, 0.25) is 0 Å². The van der Waals surface area contributed by atoms with Gasteiger partial charge in [-0.15, -0.1) is 0 Å². The van der Waals surface area contributed by atoms with Crippen LogP contribution in [0.2, 0.25) is 0 Å². The minimum Gasteiger partial charge on any atom is -0.487 e. The summed E-state index contributed by atoms with van der Waals surface area (Å²) in [7, 11) is 0. The summed E-state index contributed by atoms with van der Waals surface area (Å²) >= 11 is 1.51. The first kappa shape index (κ1) is 21.0. The van der Waals surface area contributed by atoms with Crippen molar-refractivity contribution in [1.29, 1.82) is 0 Å². The van der Waals surface area contributed by atoms with E-state index in [9.17, 15) is 4.79 Å². The van der Waals surface area contributed by atoms with Gasteiger partial charge in [0, 0.05) is 30.2 Å². The Morgan fingerprint density at radius 3 is 2.74 bits per heavy atom. The van der Waals surface area contributed by atoms with Crippen molar-refractivity contribution in [2.45, 2.75) is 39.4 Å². The van der Waals surface area contributed by atoms with Crippen molar-refractivity contribution >= 4 is 28.4 Å². The van der Waals surface area contributed by atoms with Gasteiger partial charge in [-0.3, -0.25) is 4.98 Å². The topological polar surface area (TPSA) is 89.5 Å². The van der Waals surface area contributed by atoms with Gasteiger partial charge in [0.1, 0.15) is 23.3 Å². The molecule has 8 nitrogen and oxygen atoms in total. The first-order chi connectivity index (χ1) is 14.7. The second kappa shape index (κ2) is 8.50. The molecule has 0 spiro atoms. The number of rotatable bonds is 5. The third-order valence-corrected chi connectivity index (χ3v) is 5.32. The highest BCUT2D eigenvalue weighted by Crippen LogP contribution is 2.30. The number of likely N-dealkylation sites (tertiary alicyclic amines) is 1. The fraction of sp³-hybridized carbons (Fsp3) is 0.364. The zero-order valence-electron chi connectivity index (χ0n) is 18.0. The molecule has 1 saturated heterocycles. The van der Waals surface area contributed by atoms with Gasteiger partial charge in [-0.1, -0.05) is 17.4 Å². The van der Waals surface area contributed by atoms with Crippen LogP contribution in [0.1, 0.15) is 26.5 Å². The predicted molar refractivity (Wildman–Crippen MR) is 120 cm³/mol. The molecule has 0 unspecified atom stereocenters. The molecule has 0 bridgehead atoms. The van der Waals surface area contributed by atoms with Crippen LogP contribution in [0.25, 0.3) is 10.6 Å². The quantitative estimate of drug-likeness (QED) is 0.619. The number of aryl methyl sites for hydroxylation is 1. The van der Waals surface area contributed by atoms with Crippen LogP contribution in [-0.2, 0) is 4.74 Å². The summed E-state index contributed by atoms with van der Waals surface area (Å²) in [6, 6.07) is 9.50. The number of aromatic nitrogens is 3. The van der Waals surface area contributed by atoms with Crippen LogP contribution in [0, 0.1) is 6.92 Å². The zero-order chi connectivity index (χ0) is 22.0. The number of nitrogens with one attached hydrogen (secondary N) is 1. The summed E-state index contributed by atoms with van der Waals surface area (Å²) < 4.78 is 11.4. The van der Waals surface area contributed by atoms with E-state index in [-0.39, 0.29) is 12.2 Å². The lowest BCUT2D eigenvalue weighted by Gasteiger charge is -2.39. The van der Waals surface area contributed by atoms with Crippen molar-refractivity contribution in [3.63, 3.8) is 0 Å². The van der Waals surface area contributed by atoms with Crippen LogP contribution >= 0.6 is 11.3 Å². The molecule has 9 heteroatoms. The number of pyridine rings is 2. The van der Waals surface area contributed by atoms with E-state index in [2.05, 4.69) is 20.3 Å². The van der Waals surface area contributed by atoms with Gasteiger partial charge in [0.05, 0.1) is 23.7 Å². The monoisotopic (exact) mass is 439 g/mol. The van der Waals surface area contributed by atoms with E-state index >= 15 is 0 Å². The van der Waals surface area contributed by atoms with Crippen molar-refractivity contribution in [3.05, 3.63) is 48.4 Å². The molecule has 1 fully saturated rings. The Hall–Kier alpha value is -3.20. The van der Waals surface area contributed by atoms with Crippen LogP contribution in [0.15, 0.2) is 42.7 Å². The van der Waals surface area contributed by atoms with E-state index in [0.717, 1.165) is 21.4 Å². The molecule has 1 aliphatic rings. The Morgan fingerprint density at radius 2 is 2.03 bits per heavy atom. The Labute approximate surface area is 185 Å². The maximum Gasteiger partial charge on any atom is 0.410 e. The number of anilines is 2. The number of thiazole rings is 1. The Balaban J connectivity index is 1.36. The molecule has 31 heavy (non-hydrogen) atoms. The third-order valence-electron chi connectivity index (χ3n) is 4.39. The Morgan fingerprint density at radius 1 is 1.23 bits per heavy atom. The minimum absolute atomic E-state index is 0.0715. The zero-order valence-corrected chi connectivity index (χ0v) is 18.8. The number of hydrogen-bond acceptors (Lipinski definition) is 8. The summed E-state index contributed by atoms with van der Waals surface area (Å²) in [4.78, 5) is 28.0. The van der Waals surface area contributed by atoms with Crippen molar-refractivity contribution in [2.75, 3.05) is 18.4 Å².